The lowest BCUT2D eigenvalue weighted by atomic mass is 10.1. The number of rotatable bonds is 8. The van der Waals surface area contributed by atoms with Gasteiger partial charge in [0.1, 0.15) is 0 Å². The fourth-order valence-electron chi connectivity index (χ4n) is 3.14. The number of hydrogen-bond donors (Lipinski definition) is 1. The number of carbonyl (C=O) groups is 1. The molecular weight excluding hydrogens is 390 g/mol. The summed E-state index contributed by atoms with van der Waals surface area (Å²) in [5.74, 6) is 0.0960. The van der Waals surface area contributed by atoms with E-state index in [1.165, 1.54) is 28.9 Å². The molecule has 2 aromatic heterocycles. The van der Waals surface area contributed by atoms with Gasteiger partial charge in [-0.05, 0) is 18.4 Å². The Morgan fingerprint density at radius 2 is 1.86 bits per heavy atom. The average molecular weight is 416 g/mol. The summed E-state index contributed by atoms with van der Waals surface area (Å²) < 4.78 is 4.26. The summed E-state index contributed by atoms with van der Waals surface area (Å²) in [6.45, 7) is 3.15. The van der Waals surface area contributed by atoms with Gasteiger partial charge in [-0.15, -0.1) is 0 Å². The molecule has 3 aromatic rings. The van der Waals surface area contributed by atoms with Crippen LogP contribution in [0.5, 0.6) is 0 Å². The van der Waals surface area contributed by atoms with Gasteiger partial charge in [-0.3, -0.25) is 18.7 Å². The average Bonchev–Trinajstić information content (AvgIpc) is 3.09. The third-order valence-electron chi connectivity index (χ3n) is 4.67. The largest absolute Gasteiger partial charge is 0.355 e. The Balaban J connectivity index is 1.74. The Morgan fingerprint density at radius 3 is 2.55 bits per heavy atom. The Bertz CT molecular complexity index is 1130. The van der Waals surface area contributed by atoms with Gasteiger partial charge in [0.2, 0.25) is 5.91 Å². The molecule has 3 rings (SSSR count). The maximum atomic E-state index is 12.6. The minimum Gasteiger partial charge on any atom is -0.355 e. The van der Waals surface area contributed by atoms with Crippen LogP contribution in [-0.4, -0.2) is 36.9 Å². The zero-order valence-electron chi connectivity index (χ0n) is 16.8. The summed E-state index contributed by atoms with van der Waals surface area (Å²) in [5, 5.41) is 3.48. The van der Waals surface area contributed by atoms with E-state index >= 15 is 0 Å². The van der Waals surface area contributed by atoms with Crippen LogP contribution in [0, 0.1) is 0 Å². The van der Waals surface area contributed by atoms with Crippen LogP contribution in [0.4, 0.5) is 0 Å². The van der Waals surface area contributed by atoms with E-state index in [1.807, 2.05) is 37.3 Å². The summed E-state index contributed by atoms with van der Waals surface area (Å²) >= 11 is 1.27. The third kappa shape index (κ3) is 4.45. The van der Waals surface area contributed by atoms with Gasteiger partial charge in [-0.1, -0.05) is 49.0 Å². The van der Waals surface area contributed by atoms with E-state index < -0.39 is 5.69 Å². The molecule has 0 aliphatic heterocycles. The second-order valence-electron chi connectivity index (χ2n) is 6.80. The number of carbonyl (C=O) groups excluding carboxylic acids is 1. The van der Waals surface area contributed by atoms with Gasteiger partial charge in [0.15, 0.2) is 16.3 Å². The zero-order chi connectivity index (χ0) is 21.0. The van der Waals surface area contributed by atoms with E-state index in [-0.39, 0.29) is 17.2 Å². The van der Waals surface area contributed by atoms with E-state index in [4.69, 9.17) is 0 Å². The molecule has 29 heavy (non-hydrogen) atoms. The van der Waals surface area contributed by atoms with Crippen molar-refractivity contribution in [1.29, 1.82) is 0 Å². The Hall–Kier alpha value is -2.81. The zero-order valence-corrected chi connectivity index (χ0v) is 17.7. The number of aryl methyl sites for hydroxylation is 2. The van der Waals surface area contributed by atoms with Crippen molar-refractivity contribution in [2.24, 2.45) is 14.1 Å². The summed E-state index contributed by atoms with van der Waals surface area (Å²) in [6, 6.07) is 9.97. The molecule has 2 heterocycles. The highest BCUT2D eigenvalue weighted by atomic mass is 32.2. The molecule has 0 bridgehead atoms. The summed E-state index contributed by atoms with van der Waals surface area (Å²) in [4.78, 5) is 41.5. The topological polar surface area (TPSA) is 90.9 Å². The van der Waals surface area contributed by atoms with E-state index in [2.05, 4.69) is 10.3 Å². The first-order valence-electron chi connectivity index (χ1n) is 9.53. The molecule has 0 radical (unpaired) electrons. The van der Waals surface area contributed by atoms with Crippen molar-refractivity contribution in [2.45, 2.75) is 31.5 Å². The monoisotopic (exact) mass is 415 g/mol. The molecule has 8 nitrogen and oxygen atoms in total. The summed E-state index contributed by atoms with van der Waals surface area (Å²) in [5.41, 5.74) is 1.12. The smallest absolute Gasteiger partial charge is 0.332 e. The van der Waals surface area contributed by atoms with Gasteiger partial charge >= 0.3 is 5.69 Å². The van der Waals surface area contributed by atoms with Gasteiger partial charge in [-0.2, -0.15) is 0 Å². The highest BCUT2D eigenvalue weighted by Crippen LogP contribution is 2.21. The maximum Gasteiger partial charge on any atom is 0.332 e. The molecule has 1 aromatic carbocycles. The van der Waals surface area contributed by atoms with Crippen molar-refractivity contribution in [2.75, 3.05) is 12.3 Å². The summed E-state index contributed by atoms with van der Waals surface area (Å²) in [6.07, 6.45) is 1.57. The predicted molar refractivity (Wildman–Crippen MR) is 114 cm³/mol. The number of amides is 1. The van der Waals surface area contributed by atoms with E-state index in [0.717, 1.165) is 17.4 Å². The normalized spacial score (nSPS) is 11.1. The van der Waals surface area contributed by atoms with Crippen LogP contribution in [0.15, 0.2) is 45.1 Å². The first-order chi connectivity index (χ1) is 13.9. The molecule has 9 heteroatoms. The Labute approximate surface area is 172 Å². The molecule has 0 saturated carbocycles. The molecule has 0 saturated heterocycles. The van der Waals surface area contributed by atoms with Crippen LogP contribution in [-0.2, 0) is 31.9 Å². The van der Waals surface area contributed by atoms with Gasteiger partial charge in [-0.25, -0.2) is 9.78 Å². The maximum absolute atomic E-state index is 12.6. The molecule has 1 N–H and O–H groups in total. The van der Waals surface area contributed by atoms with Crippen molar-refractivity contribution in [3.05, 3.63) is 56.7 Å². The second-order valence-corrected chi connectivity index (χ2v) is 7.74. The minimum absolute atomic E-state index is 0.0946. The number of nitrogens with zero attached hydrogens (tertiary/aromatic N) is 4. The third-order valence-corrected chi connectivity index (χ3v) is 5.65. The lowest BCUT2D eigenvalue weighted by Crippen LogP contribution is -2.37. The molecule has 1 amide bonds. The number of imidazole rings is 1. The molecule has 0 spiro atoms. The van der Waals surface area contributed by atoms with Crippen LogP contribution >= 0.6 is 11.8 Å². The first kappa shape index (κ1) is 20.9. The van der Waals surface area contributed by atoms with Crippen molar-refractivity contribution in [3.63, 3.8) is 0 Å². The number of nitrogens with one attached hydrogen (secondary N) is 1. The Morgan fingerprint density at radius 1 is 1.14 bits per heavy atom. The highest BCUT2D eigenvalue weighted by Gasteiger charge is 2.19. The minimum atomic E-state index is -0.418. The van der Waals surface area contributed by atoms with Crippen molar-refractivity contribution < 1.29 is 4.79 Å². The lowest BCUT2D eigenvalue weighted by Gasteiger charge is -2.08. The van der Waals surface area contributed by atoms with E-state index in [9.17, 15) is 14.4 Å². The molecule has 0 fully saturated rings. The van der Waals surface area contributed by atoms with Crippen molar-refractivity contribution in [1.82, 2.24) is 24.0 Å². The molecule has 0 atom stereocenters. The van der Waals surface area contributed by atoms with Crippen LogP contribution in [0.3, 0.4) is 0 Å². The predicted octanol–water partition coefficient (Wildman–Crippen LogP) is 1.29. The summed E-state index contributed by atoms with van der Waals surface area (Å²) in [7, 11) is 3.05. The number of benzene rings is 1. The molecule has 0 aliphatic rings. The van der Waals surface area contributed by atoms with E-state index in [0.29, 0.717) is 29.4 Å². The molecule has 0 aliphatic carbocycles. The molecular formula is C20H25N5O3S. The second kappa shape index (κ2) is 9.13. The molecule has 154 valence electrons. The molecule has 0 unspecified atom stereocenters. The highest BCUT2D eigenvalue weighted by molar-refractivity contribution is 7.99. The number of hydrogen-bond acceptors (Lipinski definition) is 5. The fraction of sp³-hybridized carbons (Fsp3) is 0.400. The van der Waals surface area contributed by atoms with Gasteiger partial charge in [0.25, 0.3) is 5.56 Å². The SMILES string of the molecule is CCCn1c(SCC(=O)NCCc2ccccc2)nc2c1c(=O)n(C)c(=O)n2C. The van der Waals surface area contributed by atoms with Crippen molar-refractivity contribution >= 4 is 28.8 Å². The van der Waals surface area contributed by atoms with E-state index in [1.54, 1.807) is 11.6 Å². The first-order valence-corrected chi connectivity index (χ1v) is 10.5. The van der Waals surface area contributed by atoms with Gasteiger partial charge in [0, 0.05) is 27.2 Å². The number of thioether (sulfide) groups is 1. The van der Waals surface area contributed by atoms with Crippen LogP contribution < -0.4 is 16.6 Å². The van der Waals surface area contributed by atoms with Gasteiger partial charge in [0.05, 0.1) is 5.75 Å². The number of fused-ring (bicyclic) bond motifs is 1. The van der Waals surface area contributed by atoms with Crippen molar-refractivity contribution in [3.8, 4) is 0 Å². The fourth-order valence-corrected chi connectivity index (χ4v) is 3.99. The lowest BCUT2D eigenvalue weighted by molar-refractivity contribution is -0.118. The quantitative estimate of drug-likeness (QED) is 0.560. The standard InChI is InChI=1S/C20H25N5O3S/c1-4-12-25-16-17(23(2)20(28)24(3)18(16)27)22-19(25)29-13-15(26)21-11-10-14-8-6-5-7-9-14/h5-9H,4,10-13H2,1-3H3,(H,21,26). The van der Waals surface area contributed by atoms with Gasteiger partial charge < -0.3 is 9.88 Å². The van der Waals surface area contributed by atoms with Crippen LogP contribution in [0.25, 0.3) is 11.2 Å². The van der Waals surface area contributed by atoms with Crippen LogP contribution in [0.2, 0.25) is 0 Å². The van der Waals surface area contributed by atoms with Crippen LogP contribution in [0.1, 0.15) is 18.9 Å². The Kier molecular flexibility index (Phi) is 6.58. The number of aromatic nitrogens is 4.